The lowest BCUT2D eigenvalue weighted by Gasteiger charge is -2.35. The van der Waals surface area contributed by atoms with E-state index in [9.17, 15) is 18.8 Å². The Hall–Kier alpha value is -2.48. The zero-order valence-electron chi connectivity index (χ0n) is 14.2. The molecule has 1 aromatic rings. The van der Waals surface area contributed by atoms with Gasteiger partial charge in [0.25, 0.3) is 5.91 Å². The molecular formula is C17H21FN4O3. The van der Waals surface area contributed by atoms with Crippen molar-refractivity contribution in [1.82, 2.24) is 15.5 Å². The van der Waals surface area contributed by atoms with Crippen LogP contribution in [0, 0.1) is 18.7 Å². The largest absolute Gasteiger partial charge is 0.355 e. The van der Waals surface area contributed by atoms with Crippen LogP contribution in [0.2, 0.25) is 0 Å². The summed E-state index contributed by atoms with van der Waals surface area (Å²) in [7, 11) is 1.48. The summed E-state index contributed by atoms with van der Waals surface area (Å²) in [4.78, 5) is 38.1. The van der Waals surface area contributed by atoms with E-state index in [1.807, 2.05) is 0 Å². The van der Waals surface area contributed by atoms with Crippen molar-refractivity contribution in [2.24, 2.45) is 5.92 Å². The molecule has 8 heteroatoms. The summed E-state index contributed by atoms with van der Waals surface area (Å²) in [6, 6.07) is 2.68. The van der Waals surface area contributed by atoms with E-state index in [1.54, 1.807) is 11.8 Å². The number of nitrogens with one attached hydrogen (secondary N) is 3. The number of hydrogen-bond acceptors (Lipinski definition) is 4. The van der Waals surface area contributed by atoms with Crippen LogP contribution in [0.3, 0.4) is 0 Å². The van der Waals surface area contributed by atoms with Gasteiger partial charge in [-0.25, -0.2) is 4.39 Å². The van der Waals surface area contributed by atoms with Gasteiger partial charge in [0.1, 0.15) is 5.82 Å². The van der Waals surface area contributed by atoms with E-state index in [0.717, 1.165) is 13.1 Å². The highest BCUT2D eigenvalue weighted by Crippen LogP contribution is 2.25. The third-order valence-electron chi connectivity index (χ3n) is 4.77. The first kappa shape index (κ1) is 17.3. The number of carbonyl (C=O) groups is 3. The highest BCUT2D eigenvalue weighted by Gasteiger charge is 2.39. The Morgan fingerprint density at radius 3 is 2.64 bits per heavy atom. The van der Waals surface area contributed by atoms with Gasteiger partial charge in [-0.15, -0.1) is 0 Å². The maximum atomic E-state index is 14.2. The molecule has 134 valence electrons. The van der Waals surface area contributed by atoms with Crippen molar-refractivity contribution < 1.29 is 18.8 Å². The van der Waals surface area contributed by atoms with Crippen molar-refractivity contribution in [1.29, 1.82) is 0 Å². The number of halogens is 1. The Labute approximate surface area is 144 Å². The van der Waals surface area contributed by atoms with Crippen LogP contribution in [0.4, 0.5) is 10.1 Å². The topological polar surface area (TPSA) is 90.5 Å². The fraction of sp³-hybridized carbons (Fsp3) is 0.471. The van der Waals surface area contributed by atoms with E-state index in [2.05, 4.69) is 16.0 Å². The van der Waals surface area contributed by atoms with Crippen molar-refractivity contribution >= 4 is 23.4 Å². The Balaban J connectivity index is 1.72. The fourth-order valence-electron chi connectivity index (χ4n) is 3.14. The molecule has 2 heterocycles. The summed E-state index contributed by atoms with van der Waals surface area (Å²) < 4.78 is 14.2. The van der Waals surface area contributed by atoms with Gasteiger partial charge in [0.05, 0.1) is 17.6 Å². The summed E-state index contributed by atoms with van der Waals surface area (Å²) in [6.07, 6.45) is 0.123. The van der Waals surface area contributed by atoms with E-state index in [0.29, 0.717) is 17.7 Å². The molecule has 3 rings (SSSR count). The minimum atomic E-state index is -0.608. The normalized spacial score (nSPS) is 20.4. The first-order chi connectivity index (χ1) is 11.9. The van der Waals surface area contributed by atoms with Crippen molar-refractivity contribution in [2.75, 3.05) is 32.0 Å². The molecule has 2 fully saturated rings. The standard InChI is InChI=1S/C17H21FN4O3/c1-9-3-13(18)14(5-12(9)17(25)19-2)21-16(24)10-4-15(23)22(8-10)11-6-20-7-11/h3,5,10-11,20H,4,6-8H2,1-2H3,(H,19,25)(H,21,24). The molecule has 2 aliphatic rings. The number of aryl methyl sites for hydroxylation is 1. The van der Waals surface area contributed by atoms with Gasteiger partial charge in [-0.3, -0.25) is 14.4 Å². The second-order valence-corrected chi connectivity index (χ2v) is 6.47. The van der Waals surface area contributed by atoms with Crippen LogP contribution in [0.5, 0.6) is 0 Å². The van der Waals surface area contributed by atoms with Gasteiger partial charge in [-0.1, -0.05) is 0 Å². The molecule has 7 nitrogen and oxygen atoms in total. The van der Waals surface area contributed by atoms with Crippen molar-refractivity contribution in [3.05, 3.63) is 29.1 Å². The molecule has 2 aliphatic heterocycles. The molecular weight excluding hydrogens is 327 g/mol. The lowest BCUT2D eigenvalue weighted by atomic mass is 10.0. The van der Waals surface area contributed by atoms with E-state index < -0.39 is 17.6 Å². The minimum Gasteiger partial charge on any atom is -0.355 e. The molecule has 1 atom stereocenters. The van der Waals surface area contributed by atoms with Gasteiger partial charge in [-0.2, -0.15) is 0 Å². The first-order valence-electron chi connectivity index (χ1n) is 8.24. The summed E-state index contributed by atoms with van der Waals surface area (Å²) in [5, 5.41) is 8.10. The van der Waals surface area contributed by atoms with Gasteiger partial charge in [0.15, 0.2) is 0 Å². The Bertz CT molecular complexity index is 733. The minimum absolute atomic E-state index is 0.0505. The number of hydrogen-bond donors (Lipinski definition) is 3. The summed E-state index contributed by atoms with van der Waals surface area (Å²) in [5.41, 5.74) is 0.726. The lowest BCUT2D eigenvalue weighted by Crippen LogP contribution is -2.57. The summed E-state index contributed by atoms with van der Waals surface area (Å²) in [5.74, 6) is -1.94. The maximum Gasteiger partial charge on any atom is 0.251 e. The van der Waals surface area contributed by atoms with Crippen molar-refractivity contribution in [3.63, 3.8) is 0 Å². The molecule has 2 saturated heterocycles. The molecule has 1 aromatic carbocycles. The Morgan fingerprint density at radius 1 is 1.32 bits per heavy atom. The van der Waals surface area contributed by atoms with Crippen LogP contribution in [0.15, 0.2) is 12.1 Å². The highest BCUT2D eigenvalue weighted by molar-refractivity contribution is 6.00. The predicted octanol–water partition coefficient (Wildman–Crippen LogP) is 0.253. The molecule has 25 heavy (non-hydrogen) atoms. The first-order valence-corrected chi connectivity index (χ1v) is 8.24. The van der Waals surface area contributed by atoms with Gasteiger partial charge >= 0.3 is 0 Å². The lowest BCUT2D eigenvalue weighted by molar-refractivity contribution is -0.130. The number of likely N-dealkylation sites (tertiary alicyclic amines) is 1. The van der Waals surface area contributed by atoms with Crippen LogP contribution in [-0.4, -0.2) is 55.3 Å². The summed E-state index contributed by atoms with van der Waals surface area (Å²) >= 11 is 0. The van der Waals surface area contributed by atoms with Crippen molar-refractivity contribution in [2.45, 2.75) is 19.4 Å². The molecule has 0 aliphatic carbocycles. The fourth-order valence-corrected chi connectivity index (χ4v) is 3.14. The second kappa shape index (κ2) is 6.79. The molecule has 0 radical (unpaired) electrons. The average molecular weight is 348 g/mol. The molecule has 0 aromatic heterocycles. The number of rotatable bonds is 4. The maximum absolute atomic E-state index is 14.2. The number of benzene rings is 1. The number of amides is 3. The molecule has 0 spiro atoms. The third kappa shape index (κ3) is 3.34. The molecule has 3 amide bonds. The average Bonchev–Trinajstić information content (AvgIpc) is 2.89. The van der Waals surface area contributed by atoms with Crippen LogP contribution < -0.4 is 16.0 Å². The van der Waals surface area contributed by atoms with Gasteiger partial charge in [0, 0.05) is 38.7 Å². The smallest absolute Gasteiger partial charge is 0.251 e. The third-order valence-corrected chi connectivity index (χ3v) is 4.77. The quantitative estimate of drug-likeness (QED) is 0.728. The van der Waals surface area contributed by atoms with Crippen LogP contribution in [0.25, 0.3) is 0 Å². The molecule has 0 saturated carbocycles. The van der Waals surface area contributed by atoms with E-state index in [1.165, 1.54) is 19.2 Å². The van der Waals surface area contributed by atoms with Gasteiger partial charge in [0.2, 0.25) is 11.8 Å². The van der Waals surface area contributed by atoms with Crippen LogP contribution in [0.1, 0.15) is 22.3 Å². The van der Waals surface area contributed by atoms with E-state index >= 15 is 0 Å². The van der Waals surface area contributed by atoms with Gasteiger partial charge in [-0.05, 0) is 24.6 Å². The number of nitrogens with zero attached hydrogens (tertiary/aromatic N) is 1. The van der Waals surface area contributed by atoms with Crippen LogP contribution in [-0.2, 0) is 9.59 Å². The van der Waals surface area contributed by atoms with Crippen LogP contribution >= 0.6 is 0 Å². The Kier molecular flexibility index (Phi) is 4.71. The second-order valence-electron chi connectivity index (χ2n) is 6.47. The highest BCUT2D eigenvalue weighted by atomic mass is 19.1. The molecule has 3 N–H and O–H groups in total. The van der Waals surface area contributed by atoms with Gasteiger partial charge < -0.3 is 20.9 Å². The predicted molar refractivity (Wildman–Crippen MR) is 89.6 cm³/mol. The molecule has 1 unspecified atom stereocenters. The SMILES string of the molecule is CNC(=O)c1cc(NC(=O)C2CC(=O)N(C3CNC3)C2)c(F)cc1C. The van der Waals surface area contributed by atoms with E-state index in [-0.39, 0.29) is 30.0 Å². The number of carbonyl (C=O) groups excluding carboxylic acids is 3. The zero-order valence-corrected chi connectivity index (χ0v) is 14.2. The number of anilines is 1. The monoisotopic (exact) mass is 348 g/mol. The van der Waals surface area contributed by atoms with Crippen molar-refractivity contribution in [3.8, 4) is 0 Å². The summed E-state index contributed by atoms with van der Waals surface area (Å²) in [6.45, 7) is 3.44. The zero-order chi connectivity index (χ0) is 18.1. The Morgan fingerprint density at radius 2 is 2.04 bits per heavy atom. The van der Waals surface area contributed by atoms with E-state index in [4.69, 9.17) is 0 Å². The molecule has 0 bridgehead atoms.